The summed E-state index contributed by atoms with van der Waals surface area (Å²) in [4.78, 5) is 12.1. The molecule has 0 aromatic carbocycles. The molecule has 1 aromatic heterocycles. The zero-order valence-electron chi connectivity index (χ0n) is 10.4. The third-order valence-electron chi connectivity index (χ3n) is 3.45. The number of carbonyl (C=O) groups excluding carboxylic acids is 1. The van der Waals surface area contributed by atoms with Crippen LogP contribution < -0.4 is 16.2 Å². The van der Waals surface area contributed by atoms with E-state index in [9.17, 15) is 13.2 Å². The number of primary sulfonamides is 1. The van der Waals surface area contributed by atoms with Crippen LogP contribution in [0.1, 0.15) is 36.0 Å². The van der Waals surface area contributed by atoms with Gasteiger partial charge in [-0.15, -0.1) is 11.3 Å². The molecule has 5 N–H and O–H groups in total. The Bertz CT molecular complexity index is 574. The van der Waals surface area contributed by atoms with Crippen LogP contribution >= 0.6 is 11.3 Å². The van der Waals surface area contributed by atoms with E-state index >= 15 is 0 Å². The molecule has 0 radical (unpaired) electrons. The quantitative estimate of drug-likeness (QED) is 0.746. The first-order chi connectivity index (χ1) is 8.86. The molecule has 1 aliphatic rings. The predicted molar refractivity (Wildman–Crippen MR) is 73.4 cm³/mol. The molecule has 0 saturated heterocycles. The zero-order valence-corrected chi connectivity index (χ0v) is 12.0. The Hall–Kier alpha value is -0.960. The number of hydrogen-bond acceptors (Lipinski definition) is 5. The number of rotatable bonds is 4. The van der Waals surface area contributed by atoms with Gasteiger partial charge in [-0.05, 0) is 18.9 Å². The lowest BCUT2D eigenvalue weighted by Crippen LogP contribution is -2.51. The van der Waals surface area contributed by atoms with Gasteiger partial charge < -0.3 is 11.1 Å². The summed E-state index contributed by atoms with van der Waals surface area (Å²) in [6, 6.07) is 1.30. The van der Waals surface area contributed by atoms with Crippen LogP contribution in [0.5, 0.6) is 0 Å². The standard InChI is InChI=1S/C11H17N3O3S2/c12-7-11(3-1-2-4-11)14-10(15)8-5-9(18-6-8)19(13,16)17/h5-6H,1-4,7,12H2,(H,14,15)(H2,13,16,17). The molecule has 0 atom stereocenters. The minimum atomic E-state index is -3.75. The van der Waals surface area contributed by atoms with E-state index in [-0.39, 0.29) is 15.7 Å². The van der Waals surface area contributed by atoms with Crippen LogP contribution in [0.2, 0.25) is 0 Å². The molecule has 6 nitrogen and oxygen atoms in total. The maximum absolute atomic E-state index is 12.1. The van der Waals surface area contributed by atoms with Crippen LogP contribution in [0.3, 0.4) is 0 Å². The van der Waals surface area contributed by atoms with Gasteiger partial charge >= 0.3 is 0 Å². The molecule has 0 aliphatic heterocycles. The van der Waals surface area contributed by atoms with E-state index in [1.165, 1.54) is 11.4 Å². The monoisotopic (exact) mass is 303 g/mol. The molecule has 8 heteroatoms. The van der Waals surface area contributed by atoms with Crippen molar-refractivity contribution in [2.75, 3.05) is 6.54 Å². The van der Waals surface area contributed by atoms with Crippen molar-refractivity contribution in [2.45, 2.75) is 35.4 Å². The lowest BCUT2D eigenvalue weighted by Gasteiger charge is -2.28. The number of hydrogen-bond donors (Lipinski definition) is 3. The van der Waals surface area contributed by atoms with Crippen molar-refractivity contribution < 1.29 is 13.2 Å². The Balaban J connectivity index is 2.14. The summed E-state index contributed by atoms with van der Waals surface area (Å²) in [5.74, 6) is -0.293. The predicted octanol–water partition coefficient (Wildman–Crippen LogP) is 0.397. The van der Waals surface area contributed by atoms with E-state index < -0.39 is 10.0 Å². The Morgan fingerprint density at radius 1 is 1.42 bits per heavy atom. The van der Waals surface area contributed by atoms with Gasteiger partial charge in [0.2, 0.25) is 10.0 Å². The Kier molecular flexibility index (Phi) is 3.95. The zero-order chi connectivity index (χ0) is 14.1. The fourth-order valence-electron chi connectivity index (χ4n) is 2.33. The highest BCUT2D eigenvalue weighted by Gasteiger charge is 2.34. The molecule has 106 valence electrons. The van der Waals surface area contributed by atoms with Gasteiger partial charge in [0.05, 0.1) is 11.1 Å². The van der Waals surface area contributed by atoms with Gasteiger partial charge in [0.15, 0.2) is 0 Å². The SMILES string of the molecule is NCC1(NC(=O)c2csc(S(N)(=O)=O)c2)CCCC1. The van der Waals surface area contributed by atoms with Crippen molar-refractivity contribution in [1.82, 2.24) is 5.32 Å². The molecule has 0 spiro atoms. The van der Waals surface area contributed by atoms with Crippen molar-refractivity contribution in [2.24, 2.45) is 10.9 Å². The van der Waals surface area contributed by atoms with Gasteiger partial charge in [0, 0.05) is 11.9 Å². The summed E-state index contributed by atoms with van der Waals surface area (Å²) in [6.07, 6.45) is 3.82. The third kappa shape index (κ3) is 3.14. The molecule has 19 heavy (non-hydrogen) atoms. The third-order valence-corrected chi connectivity index (χ3v) is 5.83. The largest absolute Gasteiger partial charge is 0.345 e. The van der Waals surface area contributed by atoms with E-state index in [0.29, 0.717) is 12.1 Å². The maximum Gasteiger partial charge on any atom is 0.252 e. The lowest BCUT2D eigenvalue weighted by molar-refractivity contribution is 0.0903. The summed E-state index contributed by atoms with van der Waals surface area (Å²) < 4.78 is 22.3. The van der Waals surface area contributed by atoms with E-state index in [2.05, 4.69) is 5.32 Å². The summed E-state index contributed by atoms with van der Waals surface area (Å²) in [7, 11) is -3.75. The molecule has 0 bridgehead atoms. The van der Waals surface area contributed by atoms with Crippen LogP contribution in [0, 0.1) is 0 Å². The molecule has 2 rings (SSSR count). The Labute approximate surface area is 116 Å². The van der Waals surface area contributed by atoms with Crippen molar-refractivity contribution in [3.05, 3.63) is 17.0 Å². The number of nitrogens with two attached hydrogens (primary N) is 2. The highest BCUT2D eigenvalue weighted by molar-refractivity contribution is 7.91. The second kappa shape index (κ2) is 5.20. The fraction of sp³-hybridized carbons (Fsp3) is 0.545. The van der Waals surface area contributed by atoms with Crippen LogP contribution in [-0.4, -0.2) is 26.4 Å². The highest BCUT2D eigenvalue weighted by atomic mass is 32.2. The van der Waals surface area contributed by atoms with Gasteiger partial charge in [-0.3, -0.25) is 4.79 Å². The van der Waals surface area contributed by atoms with Crippen molar-refractivity contribution in [3.63, 3.8) is 0 Å². The van der Waals surface area contributed by atoms with E-state index in [1.54, 1.807) is 0 Å². The second-order valence-electron chi connectivity index (χ2n) is 4.85. The number of nitrogens with one attached hydrogen (secondary N) is 1. The molecular weight excluding hydrogens is 286 g/mol. The maximum atomic E-state index is 12.1. The van der Waals surface area contributed by atoms with Crippen molar-refractivity contribution in [3.8, 4) is 0 Å². The van der Waals surface area contributed by atoms with Gasteiger partial charge in [-0.25, -0.2) is 13.6 Å². The topological polar surface area (TPSA) is 115 Å². The normalized spacial score (nSPS) is 18.4. The summed E-state index contributed by atoms with van der Waals surface area (Å²) in [5.41, 5.74) is 5.71. The molecule has 1 fully saturated rings. The van der Waals surface area contributed by atoms with E-state index in [4.69, 9.17) is 10.9 Å². The molecule has 1 amide bonds. The number of carbonyl (C=O) groups is 1. The fourth-order valence-corrected chi connectivity index (χ4v) is 3.92. The van der Waals surface area contributed by atoms with Crippen LogP contribution in [-0.2, 0) is 10.0 Å². The van der Waals surface area contributed by atoms with Gasteiger partial charge in [-0.1, -0.05) is 12.8 Å². The van der Waals surface area contributed by atoms with Gasteiger partial charge in [-0.2, -0.15) is 0 Å². The van der Waals surface area contributed by atoms with Crippen LogP contribution in [0.15, 0.2) is 15.7 Å². The molecule has 1 aliphatic carbocycles. The number of amides is 1. The molecular formula is C11H17N3O3S2. The first kappa shape index (κ1) is 14.4. The van der Waals surface area contributed by atoms with E-state index in [1.807, 2.05) is 0 Å². The van der Waals surface area contributed by atoms with Crippen LogP contribution in [0.25, 0.3) is 0 Å². The minimum absolute atomic E-state index is 0.00845. The molecule has 1 aromatic rings. The average Bonchev–Trinajstić information content (AvgIpc) is 2.97. The number of sulfonamides is 1. The van der Waals surface area contributed by atoms with Gasteiger partial charge in [0.1, 0.15) is 4.21 Å². The first-order valence-corrected chi connectivity index (χ1v) is 8.43. The van der Waals surface area contributed by atoms with Gasteiger partial charge in [0.25, 0.3) is 5.91 Å². The first-order valence-electron chi connectivity index (χ1n) is 6.00. The number of thiophene rings is 1. The molecule has 0 unspecified atom stereocenters. The van der Waals surface area contributed by atoms with Crippen molar-refractivity contribution in [1.29, 1.82) is 0 Å². The van der Waals surface area contributed by atoms with Crippen LogP contribution in [0.4, 0.5) is 0 Å². The smallest absolute Gasteiger partial charge is 0.252 e. The van der Waals surface area contributed by atoms with Crippen molar-refractivity contribution >= 4 is 27.3 Å². The Morgan fingerprint density at radius 3 is 2.53 bits per heavy atom. The lowest BCUT2D eigenvalue weighted by atomic mass is 9.97. The minimum Gasteiger partial charge on any atom is -0.345 e. The van der Waals surface area contributed by atoms with E-state index in [0.717, 1.165) is 37.0 Å². The summed E-state index contributed by atoms with van der Waals surface area (Å²) in [5, 5.41) is 9.44. The molecule has 1 saturated carbocycles. The summed E-state index contributed by atoms with van der Waals surface area (Å²) in [6.45, 7) is 0.394. The summed E-state index contributed by atoms with van der Waals surface area (Å²) >= 11 is 0.944. The molecule has 1 heterocycles. The second-order valence-corrected chi connectivity index (χ2v) is 7.54. The average molecular weight is 303 g/mol. The highest BCUT2D eigenvalue weighted by Crippen LogP contribution is 2.29. The Morgan fingerprint density at radius 2 is 2.05 bits per heavy atom.